The van der Waals surface area contributed by atoms with E-state index in [0.29, 0.717) is 12.0 Å². The van der Waals surface area contributed by atoms with E-state index in [0.717, 1.165) is 11.1 Å². The Bertz CT molecular complexity index is 836. The number of esters is 1. The first-order chi connectivity index (χ1) is 13.7. The molecule has 2 heterocycles. The molecular weight excluding hydrogens is 368 g/mol. The van der Waals surface area contributed by atoms with Crippen molar-refractivity contribution in [3.63, 3.8) is 0 Å². The lowest BCUT2D eigenvalue weighted by Crippen LogP contribution is -2.30. The Morgan fingerprint density at radius 3 is 2.59 bits per heavy atom. The third kappa shape index (κ3) is 5.03. The normalized spacial score (nSPS) is 31.2. The molecule has 5 nitrogen and oxygen atoms in total. The van der Waals surface area contributed by atoms with Crippen LogP contribution < -0.4 is 0 Å². The first-order valence-corrected chi connectivity index (χ1v) is 10.2. The van der Waals surface area contributed by atoms with Gasteiger partial charge in [0.1, 0.15) is 6.10 Å². The van der Waals surface area contributed by atoms with Crippen molar-refractivity contribution in [2.75, 3.05) is 6.61 Å². The molecule has 156 valence electrons. The SMILES string of the molecule is Cc1cccc2c1C(=O)OC[C@H](C)[C@H](C)/C=C\C(=O)[C@H]1OC(C)(C)O[C@H]1CC=C2. The molecule has 1 saturated heterocycles. The summed E-state index contributed by atoms with van der Waals surface area (Å²) in [5, 5.41) is 0. The molecule has 0 bridgehead atoms. The van der Waals surface area contributed by atoms with Crippen molar-refractivity contribution < 1.29 is 23.8 Å². The van der Waals surface area contributed by atoms with Crippen molar-refractivity contribution in [3.8, 4) is 0 Å². The van der Waals surface area contributed by atoms with Gasteiger partial charge < -0.3 is 14.2 Å². The topological polar surface area (TPSA) is 61.8 Å². The average Bonchev–Trinajstić information content (AvgIpc) is 2.97. The lowest BCUT2D eigenvalue weighted by atomic mass is 9.95. The molecule has 0 aliphatic carbocycles. The van der Waals surface area contributed by atoms with Gasteiger partial charge in [-0.3, -0.25) is 4.79 Å². The minimum Gasteiger partial charge on any atom is -0.462 e. The Balaban J connectivity index is 1.97. The number of fused-ring (bicyclic) bond motifs is 2. The van der Waals surface area contributed by atoms with E-state index in [1.807, 2.05) is 71.0 Å². The molecule has 29 heavy (non-hydrogen) atoms. The first kappa shape index (κ1) is 21.5. The number of ether oxygens (including phenoxy) is 3. The van der Waals surface area contributed by atoms with Crippen LogP contribution >= 0.6 is 0 Å². The average molecular weight is 398 g/mol. The van der Waals surface area contributed by atoms with Gasteiger partial charge in [0, 0.05) is 0 Å². The molecule has 5 heteroatoms. The van der Waals surface area contributed by atoms with Crippen molar-refractivity contribution in [1.29, 1.82) is 0 Å². The lowest BCUT2D eigenvalue weighted by molar-refractivity contribution is -0.152. The van der Waals surface area contributed by atoms with Gasteiger partial charge in [-0.2, -0.15) is 0 Å². The van der Waals surface area contributed by atoms with E-state index in [1.54, 1.807) is 6.08 Å². The summed E-state index contributed by atoms with van der Waals surface area (Å²) < 4.78 is 17.4. The number of carbonyl (C=O) groups excluding carboxylic acids is 2. The number of cyclic esters (lactones) is 1. The summed E-state index contributed by atoms with van der Waals surface area (Å²) >= 11 is 0. The maximum atomic E-state index is 12.8. The number of hydrogen-bond donors (Lipinski definition) is 0. The van der Waals surface area contributed by atoms with Gasteiger partial charge in [-0.25, -0.2) is 4.79 Å². The van der Waals surface area contributed by atoms with Gasteiger partial charge in [0.2, 0.25) is 0 Å². The fourth-order valence-electron chi connectivity index (χ4n) is 3.65. The van der Waals surface area contributed by atoms with Gasteiger partial charge >= 0.3 is 5.97 Å². The number of benzene rings is 1. The highest BCUT2D eigenvalue weighted by atomic mass is 16.8. The molecule has 0 N–H and O–H groups in total. The van der Waals surface area contributed by atoms with Gasteiger partial charge in [0.15, 0.2) is 11.6 Å². The Morgan fingerprint density at radius 1 is 1.07 bits per heavy atom. The number of hydrogen-bond acceptors (Lipinski definition) is 5. The number of rotatable bonds is 0. The van der Waals surface area contributed by atoms with E-state index in [-0.39, 0.29) is 36.3 Å². The first-order valence-electron chi connectivity index (χ1n) is 10.2. The maximum absolute atomic E-state index is 12.8. The van der Waals surface area contributed by atoms with Crippen LogP contribution in [0.4, 0.5) is 0 Å². The Kier molecular flexibility index (Phi) is 6.39. The smallest absolute Gasteiger partial charge is 0.339 e. The Hall–Kier alpha value is -2.24. The Labute approximate surface area is 172 Å². The summed E-state index contributed by atoms with van der Waals surface area (Å²) in [4.78, 5) is 25.5. The molecule has 0 saturated carbocycles. The van der Waals surface area contributed by atoms with Crippen LogP contribution in [0.5, 0.6) is 0 Å². The maximum Gasteiger partial charge on any atom is 0.339 e. The van der Waals surface area contributed by atoms with Gasteiger partial charge in [-0.15, -0.1) is 0 Å². The van der Waals surface area contributed by atoms with E-state index in [2.05, 4.69) is 0 Å². The molecule has 4 atom stereocenters. The second kappa shape index (κ2) is 8.64. The van der Waals surface area contributed by atoms with Crippen LogP contribution in [0.3, 0.4) is 0 Å². The van der Waals surface area contributed by atoms with Crippen molar-refractivity contribution in [3.05, 3.63) is 53.1 Å². The van der Waals surface area contributed by atoms with Crippen molar-refractivity contribution in [2.45, 2.75) is 59.0 Å². The third-order valence-electron chi connectivity index (χ3n) is 5.58. The summed E-state index contributed by atoms with van der Waals surface area (Å²) in [6.45, 7) is 9.84. The van der Waals surface area contributed by atoms with Crippen LogP contribution in [0.2, 0.25) is 0 Å². The predicted molar refractivity (Wildman–Crippen MR) is 111 cm³/mol. The minimum absolute atomic E-state index is 0.0696. The van der Waals surface area contributed by atoms with E-state index < -0.39 is 11.9 Å². The van der Waals surface area contributed by atoms with Gasteiger partial charge in [0.25, 0.3) is 0 Å². The molecular formula is C24H30O5. The fourth-order valence-corrected chi connectivity index (χ4v) is 3.65. The quantitative estimate of drug-likeness (QED) is 0.603. The van der Waals surface area contributed by atoms with Crippen LogP contribution in [-0.4, -0.2) is 36.4 Å². The molecule has 1 aromatic carbocycles. The van der Waals surface area contributed by atoms with Gasteiger partial charge in [-0.05, 0) is 56.2 Å². The molecule has 3 rings (SSSR count). The molecule has 0 unspecified atom stereocenters. The van der Waals surface area contributed by atoms with Crippen molar-refractivity contribution in [2.24, 2.45) is 11.8 Å². The van der Waals surface area contributed by atoms with E-state index in [1.165, 1.54) is 0 Å². The summed E-state index contributed by atoms with van der Waals surface area (Å²) in [6.07, 6.45) is 6.73. The highest BCUT2D eigenvalue weighted by Gasteiger charge is 2.43. The summed E-state index contributed by atoms with van der Waals surface area (Å²) in [5.74, 6) is -1.09. The molecule has 2 aliphatic heterocycles. The number of aryl methyl sites for hydroxylation is 1. The lowest BCUT2D eigenvalue weighted by Gasteiger charge is -2.18. The second-order valence-electron chi connectivity index (χ2n) is 8.47. The molecule has 0 aromatic heterocycles. The zero-order valence-electron chi connectivity index (χ0n) is 17.8. The van der Waals surface area contributed by atoms with E-state index in [4.69, 9.17) is 14.2 Å². The second-order valence-corrected chi connectivity index (χ2v) is 8.47. The molecule has 0 spiro atoms. The van der Waals surface area contributed by atoms with Crippen LogP contribution in [-0.2, 0) is 19.0 Å². The van der Waals surface area contributed by atoms with E-state index in [9.17, 15) is 9.59 Å². The van der Waals surface area contributed by atoms with Crippen LogP contribution in [0, 0.1) is 18.8 Å². The summed E-state index contributed by atoms with van der Waals surface area (Å²) in [6, 6.07) is 5.71. The third-order valence-corrected chi connectivity index (χ3v) is 5.58. The highest BCUT2D eigenvalue weighted by molar-refractivity contribution is 5.95. The monoisotopic (exact) mass is 398 g/mol. The Morgan fingerprint density at radius 2 is 1.83 bits per heavy atom. The standard InChI is InChI=1S/C24H30O5/c1-15-12-13-19(25)22-20(28-24(4,5)29-22)11-7-10-18-9-6-8-16(2)21(18)23(26)27-14-17(15)3/h6-10,12-13,15,17,20,22H,11,14H2,1-5H3/b10-7?,13-12-/t15-,17+,20+,22-/m1/s1. The summed E-state index contributed by atoms with van der Waals surface area (Å²) in [7, 11) is 0. The van der Waals surface area contributed by atoms with Crippen molar-refractivity contribution in [1.82, 2.24) is 0 Å². The number of allylic oxidation sites excluding steroid dienone is 1. The number of ketones is 1. The minimum atomic E-state index is -0.810. The van der Waals surface area contributed by atoms with Gasteiger partial charge in [-0.1, -0.05) is 50.3 Å². The fraction of sp³-hybridized carbons (Fsp3) is 0.500. The molecule has 0 amide bonds. The van der Waals surface area contributed by atoms with Crippen LogP contribution in [0.15, 0.2) is 36.4 Å². The van der Waals surface area contributed by atoms with Crippen LogP contribution in [0.25, 0.3) is 6.08 Å². The van der Waals surface area contributed by atoms with Crippen molar-refractivity contribution >= 4 is 17.8 Å². The molecule has 0 radical (unpaired) electrons. The molecule has 1 aromatic rings. The largest absolute Gasteiger partial charge is 0.462 e. The summed E-state index contributed by atoms with van der Waals surface area (Å²) in [5.41, 5.74) is 2.24. The molecule has 2 aliphatic rings. The zero-order valence-corrected chi connectivity index (χ0v) is 17.8. The number of carbonyl (C=O) groups is 2. The van der Waals surface area contributed by atoms with Crippen LogP contribution in [0.1, 0.15) is 55.6 Å². The highest BCUT2D eigenvalue weighted by Crippen LogP contribution is 2.31. The zero-order chi connectivity index (χ0) is 21.2. The van der Waals surface area contributed by atoms with Gasteiger partial charge in [0.05, 0.1) is 18.3 Å². The molecule has 1 fully saturated rings. The predicted octanol–water partition coefficient (Wildman–Crippen LogP) is 4.49. The van der Waals surface area contributed by atoms with E-state index >= 15 is 0 Å².